The Balaban J connectivity index is 1.67. The summed E-state index contributed by atoms with van der Waals surface area (Å²) in [5.41, 5.74) is 2.70. The Kier molecular flexibility index (Phi) is 5.61. The summed E-state index contributed by atoms with van der Waals surface area (Å²) in [5.74, 6) is 3.39. The first-order valence-corrected chi connectivity index (χ1v) is 9.34. The zero-order valence-electron chi connectivity index (χ0n) is 17.5. The van der Waals surface area contributed by atoms with Crippen molar-refractivity contribution in [3.8, 4) is 23.0 Å². The Morgan fingerprint density at radius 1 is 0.710 bits per heavy atom. The van der Waals surface area contributed by atoms with Gasteiger partial charge >= 0.3 is 0 Å². The summed E-state index contributed by atoms with van der Waals surface area (Å²) in [5, 5.41) is 6.47. The molecule has 3 N–H and O–H groups in total. The molecule has 2 heterocycles. The van der Waals surface area contributed by atoms with E-state index in [-0.39, 0.29) is 0 Å². The lowest BCUT2D eigenvalue weighted by Crippen LogP contribution is -2.03. The number of rotatable bonds is 8. The van der Waals surface area contributed by atoms with Gasteiger partial charge in [-0.3, -0.25) is 0 Å². The number of imidazole rings is 1. The van der Waals surface area contributed by atoms with Crippen LogP contribution in [0.2, 0.25) is 0 Å². The number of ether oxygens (including phenoxy) is 4. The van der Waals surface area contributed by atoms with Crippen LogP contribution in [-0.2, 0) is 0 Å². The van der Waals surface area contributed by atoms with E-state index in [2.05, 4.69) is 30.6 Å². The average Bonchev–Trinajstić information content (AvgIpc) is 3.28. The third-order valence-electron chi connectivity index (χ3n) is 4.57. The minimum atomic E-state index is 0.370. The molecule has 0 aliphatic carbocycles. The van der Waals surface area contributed by atoms with E-state index in [1.54, 1.807) is 46.9 Å². The van der Waals surface area contributed by atoms with Crippen molar-refractivity contribution in [2.24, 2.45) is 0 Å². The molecular formula is C21H22N6O4. The van der Waals surface area contributed by atoms with Crippen molar-refractivity contribution in [3.63, 3.8) is 0 Å². The van der Waals surface area contributed by atoms with Crippen LogP contribution in [0.25, 0.3) is 11.2 Å². The molecule has 0 unspecified atom stereocenters. The molecular weight excluding hydrogens is 400 g/mol. The van der Waals surface area contributed by atoms with Crippen molar-refractivity contribution >= 4 is 34.3 Å². The van der Waals surface area contributed by atoms with Crippen LogP contribution in [0.4, 0.5) is 23.1 Å². The number of benzene rings is 2. The monoisotopic (exact) mass is 422 g/mol. The first kappa shape index (κ1) is 20.1. The molecule has 31 heavy (non-hydrogen) atoms. The van der Waals surface area contributed by atoms with Gasteiger partial charge in [-0.15, -0.1) is 0 Å². The van der Waals surface area contributed by atoms with E-state index in [9.17, 15) is 0 Å². The lowest BCUT2D eigenvalue weighted by Gasteiger charge is -2.13. The highest BCUT2D eigenvalue weighted by molar-refractivity contribution is 5.86. The zero-order valence-corrected chi connectivity index (χ0v) is 17.5. The van der Waals surface area contributed by atoms with Gasteiger partial charge in [0.15, 0.2) is 34.5 Å². The standard InChI is InChI=1S/C21H22N6O4/c1-28-14-7-5-12(9-16(14)30-3)24-20-18-19(23-11-22-18)26-21(27-20)25-13-6-8-15(29-2)17(10-13)31-4/h5-11H,1-4H3,(H3,22,23,24,25,26,27). The van der Waals surface area contributed by atoms with E-state index < -0.39 is 0 Å². The van der Waals surface area contributed by atoms with Crippen molar-refractivity contribution in [2.75, 3.05) is 39.1 Å². The first-order chi connectivity index (χ1) is 15.1. The number of nitrogens with zero attached hydrogens (tertiary/aromatic N) is 3. The molecule has 2 aromatic heterocycles. The quantitative estimate of drug-likeness (QED) is 0.389. The SMILES string of the molecule is COc1ccc(Nc2nc(Nc3ccc(OC)c(OC)c3)c3[nH]cnc3n2)cc1OC. The number of hydrogen-bond acceptors (Lipinski definition) is 9. The smallest absolute Gasteiger partial charge is 0.231 e. The molecule has 4 rings (SSSR count). The summed E-state index contributed by atoms with van der Waals surface area (Å²) in [7, 11) is 6.35. The second-order valence-corrected chi connectivity index (χ2v) is 6.39. The van der Waals surface area contributed by atoms with Gasteiger partial charge in [-0.2, -0.15) is 9.97 Å². The predicted octanol–water partition coefficient (Wildman–Crippen LogP) is 3.87. The molecule has 0 amide bonds. The highest BCUT2D eigenvalue weighted by Crippen LogP contribution is 2.33. The topological polar surface area (TPSA) is 115 Å². The Hall–Kier alpha value is -4.21. The first-order valence-electron chi connectivity index (χ1n) is 9.34. The van der Waals surface area contributed by atoms with Gasteiger partial charge in [0.25, 0.3) is 0 Å². The molecule has 0 aliphatic rings. The lowest BCUT2D eigenvalue weighted by molar-refractivity contribution is 0.355. The normalized spacial score (nSPS) is 10.6. The molecule has 0 saturated heterocycles. The van der Waals surface area contributed by atoms with E-state index >= 15 is 0 Å². The number of aromatic amines is 1. The van der Waals surface area contributed by atoms with Crippen LogP contribution in [-0.4, -0.2) is 48.4 Å². The number of methoxy groups -OCH3 is 4. The zero-order chi connectivity index (χ0) is 21.8. The van der Waals surface area contributed by atoms with Crippen LogP contribution >= 0.6 is 0 Å². The summed E-state index contributed by atoms with van der Waals surface area (Å²) in [6.07, 6.45) is 1.57. The number of aromatic nitrogens is 4. The molecule has 0 fully saturated rings. The Morgan fingerprint density at radius 3 is 1.87 bits per heavy atom. The van der Waals surface area contributed by atoms with Gasteiger partial charge in [0.2, 0.25) is 5.95 Å². The number of anilines is 4. The van der Waals surface area contributed by atoms with E-state index in [1.165, 1.54) is 0 Å². The fraction of sp³-hybridized carbons (Fsp3) is 0.190. The molecule has 10 nitrogen and oxygen atoms in total. The molecule has 4 aromatic rings. The molecule has 0 aliphatic heterocycles. The van der Waals surface area contributed by atoms with E-state index in [0.29, 0.717) is 45.9 Å². The lowest BCUT2D eigenvalue weighted by atomic mass is 10.2. The summed E-state index contributed by atoms with van der Waals surface area (Å²) < 4.78 is 21.3. The number of fused-ring (bicyclic) bond motifs is 1. The molecule has 160 valence electrons. The highest BCUT2D eigenvalue weighted by atomic mass is 16.5. The van der Waals surface area contributed by atoms with Gasteiger partial charge in [-0.25, -0.2) is 4.98 Å². The maximum atomic E-state index is 5.38. The Morgan fingerprint density at radius 2 is 1.29 bits per heavy atom. The summed E-state index contributed by atoms with van der Waals surface area (Å²) >= 11 is 0. The van der Waals surface area contributed by atoms with E-state index in [0.717, 1.165) is 11.4 Å². The molecule has 0 bridgehead atoms. The van der Waals surface area contributed by atoms with Gasteiger partial charge in [-0.1, -0.05) is 0 Å². The van der Waals surface area contributed by atoms with Crippen molar-refractivity contribution in [2.45, 2.75) is 0 Å². The molecule has 0 saturated carbocycles. The molecule has 0 atom stereocenters. The Bertz CT molecular complexity index is 1210. The number of hydrogen-bond donors (Lipinski definition) is 3. The number of nitrogens with one attached hydrogen (secondary N) is 3. The minimum absolute atomic E-state index is 0.370. The van der Waals surface area contributed by atoms with Gasteiger partial charge < -0.3 is 34.6 Å². The van der Waals surface area contributed by atoms with Gasteiger partial charge in [0, 0.05) is 23.5 Å². The van der Waals surface area contributed by atoms with Crippen molar-refractivity contribution in [3.05, 3.63) is 42.7 Å². The predicted molar refractivity (Wildman–Crippen MR) is 117 cm³/mol. The maximum absolute atomic E-state index is 5.38. The molecule has 10 heteroatoms. The largest absolute Gasteiger partial charge is 0.493 e. The van der Waals surface area contributed by atoms with Crippen LogP contribution in [0.5, 0.6) is 23.0 Å². The van der Waals surface area contributed by atoms with Crippen molar-refractivity contribution < 1.29 is 18.9 Å². The van der Waals surface area contributed by atoms with Crippen LogP contribution < -0.4 is 29.6 Å². The second-order valence-electron chi connectivity index (χ2n) is 6.39. The maximum Gasteiger partial charge on any atom is 0.231 e. The summed E-state index contributed by atoms with van der Waals surface area (Å²) in [4.78, 5) is 16.4. The highest BCUT2D eigenvalue weighted by Gasteiger charge is 2.13. The van der Waals surface area contributed by atoms with Crippen LogP contribution in [0.1, 0.15) is 0 Å². The number of H-pyrrole nitrogens is 1. The third kappa shape index (κ3) is 4.08. The third-order valence-corrected chi connectivity index (χ3v) is 4.57. The van der Waals surface area contributed by atoms with Crippen molar-refractivity contribution in [1.82, 2.24) is 19.9 Å². The van der Waals surface area contributed by atoms with Gasteiger partial charge in [-0.05, 0) is 24.3 Å². The van der Waals surface area contributed by atoms with Crippen LogP contribution in [0.15, 0.2) is 42.7 Å². The fourth-order valence-corrected chi connectivity index (χ4v) is 3.07. The van der Waals surface area contributed by atoms with E-state index in [1.807, 2.05) is 24.3 Å². The van der Waals surface area contributed by atoms with Gasteiger partial charge in [0.05, 0.1) is 34.8 Å². The summed E-state index contributed by atoms with van der Waals surface area (Å²) in [6, 6.07) is 11.0. The van der Waals surface area contributed by atoms with Crippen LogP contribution in [0.3, 0.4) is 0 Å². The minimum Gasteiger partial charge on any atom is -0.493 e. The van der Waals surface area contributed by atoms with Crippen molar-refractivity contribution in [1.29, 1.82) is 0 Å². The fourth-order valence-electron chi connectivity index (χ4n) is 3.07. The molecule has 2 aromatic carbocycles. The average molecular weight is 422 g/mol. The van der Waals surface area contributed by atoms with Gasteiger partial charge in [0.1, 0.15) is 5.52 Å². The molecule has 0 spiro atoms. The van der Waals surface area contributed by atoms with E-state index in [4.69, 9.17) is 18.9 Å². The summed E-state index contributed by atoms with van der Waals surface area (Å²) in [6.45, 7) is 0. The second kappa shape index (κ2) is 8.66. The van der Waals surface area contributed by atoms with Crippen LogP contribution in [0, 0.1) is 0 Å². The Labute approximate surface area is 178 Å². The molecule has 0 radical (unpaired) electrons.